The number of nitrogens with zero attached hydrogens (tertiary/aromatic N) is 1. The first-order chi connectivity index (χ1) is 6.93. The summed E-state index contributed by atoms with van der Waals surface area (Å²) >= 11 is 4.78. The molecule has 0 aliphatic rings. The van der Waals surface area contributed by atoms with Gasteiger partial charge in [0.1, 0.15) is 10.8 Å². The van der Waals surface area contributed by atoms with Crippen LogP contribution in [-0.2, 0) is 0 Å². The summed E-state index contributed by atoms with van der Waals surface area (Å²) in [6.07, 6.45) is 0. The van der Waals surface area contributed by atoms with E-state index in [0.717, 1.165) is 0 Å². The third-order valence-electron chi connectivity index (χ3n) is 2.39. The van der Waals surface area contributed by atoms with Crippen molar-refractivity contribution in [2.24, 2.45) is 5.73 Å². The molecule has 1 aromatic carbocycles. The molecule has 0 fully saturated rings. The van der Waals surface area contributed by atoms with Gasteiger partial charge < -0.3 is 10.6 Å². The highest BCUT2D eigenvalue weighted by molar-refractivity contribution is 7.80. The highest BCUT2D eigenvalue weighted by Crippen LogP contribution is 2.21. The fraction of sp³-hybridized carbons (Fsp3) is 0.364. The van der Waals surface area contributed by atoms with E-state index in [1.54, 1.807) is 12.1 Å². The molecule has 2 N–H and O–H groups in total. The zero-order valence-corrected chi connectivity index (χ0v) is 9.94. The highest BCUT2D eigenvalue weighted by atomic mass is 32.1. The van der Waals surface area contributed by atoms with E-state index in [4.69, 9.17) is 18.0 Å². The van der Waals surface area contributed by atoms with Crippen molar-refractivity contribution in [3.8, 4) is 0 Å². The Bertz CT molecular complexity index is 377. The number of thiocarbonyl (C=S) groups is 1. The zero-order chi connectivity index (χ0) is 11.6. The summed E-state index contributed by atoms with van der Waals surface area (Å²) in [4.78, 5) is 2.08. The minimum absolute atomic E-state index is 0.215. The molecule has 0 atom stereocenters. The van der Waals surface area contributed by atoms with E-state index in [9.17, 15) is 4.39 Å². The molecule has 15 heavy (non-hydrogen) atoms. The molecule has 82 valence electrons. The summed E-state index contributed by atoms with van der Waals surface area (Å²) in [6, 6.07) is 5.05. The SMILES string of the molecule is CC(C)N(C)c1ccc(C(N)=S)cc1F. The van der Waals surface area contributed by atoms with Gasteiger partial charge in [-0.2, -0.15) is 0 Å². The molecule has 0 saturated heterocycles. The summed E-state index contributed by atoms with van der Waals surface area (Å²) in [5.41, 5.74) is 6.54. The third kappa shape index (κ3) is 2.65. The van der Waals surface area contributed by atoms with Crippen molar-refractivity contribution in [3.63, 3.8) is 0 Å². The van der Waals surface area contributed by atoms with Crippen LogP contribution in [0.3, 0.4) is 0 Å². The fourth-order valence-electron chi connectivity index (χ4n) is 1.22. The smallest absolute Gasteiger partial charge is 0.147 e. The first kappa shape index (κ1) is 11.9. The van der Waals surface area contributed by atoms with Crippen LogP contribution in [0.15, 0.2) is 18.2 Å². The van der Waals surface area contributed by atoms with Crippen LogP contribution >= 0.6 is 12.2 Å². The van der Waals surface area contributed by atoms with E-state index in [2.05, 4.69) is 0 Å². The van der Waals surface area contributed by atoms with E-state index < -0.39 is 0 Å². The van der Waals surface area contributed by atoms with Crippen LogP contribution in [0.2, 0.25) is 0 Å². The van der Waals surface area contributed by atoms with Crippen LogP contribution in [0.4, 0.5) is 10.1 Å². The van der Waals surface area contributed by atoms with Crippen molar-refractivity contribution in [2.45, 2.75) is 19.9 Å². The Morgan fingerprint density at radius 2 is 2.07 bits per heavy atom. The Morgan fingerprint density at radius 1 is 1.47 bits per heavy atom. The van der Waals surface area contributed by atoms with Gasteiger partial charge in [0.2, 0.25) is 0 Å². The maximum Gasteiger partial charge on any atom is 0.147 e. The molecule has 0 saturated carbocycles. The first-order valence-corrected chi connectivity index (χ1v) is 5.16. The number of rotatable bonds is 3. The molecule has 1 aromatic rings. The molecule has 0 bridgehead atoms. The molecule has 0 spiro atoms. The molecule has 0 unspecified atom stereocenters. The number of hydrogen-bond acceptors (Lipinski definition) is 2. The molecular weight excluding hydrogens is 211 g/mol. The van der Waals surface area contributed by atoms with Gasteiger partial charge in [0, 0.05) is 18.7 Å². The van der Waals surface area contributed by atoms with E-state index in [1.165, 1.54) is 6.07 Å². The Kier molecular flexibility index (Phi) is 3.63. The lowest BCUT2D eigenvalue weighted by molar-refractivity contribution is 0.613. The van der Waals surface area contributed by atoms with Gasteiger partial charge in [0.15, 0.2) is 0 Å². The van der Waals surface area contributed by atoms with E-state index in [0.29, 0.717) is 11.3 Å². The molecule has 0 heterocycles. The molecule has 0 aliphatic heterocycles. The zero-order valence-electron chi connectivity index (χ0n) is 9.12. The van der Waals surface area contributed by atoms with Crippen molar-refractivity contribution in [2.75, 3.05) is 11.9 Å². The quantitative estimate of drug-likeness (QED) is 0.802. The van der Waals surface area contributed by atoms with Crippen LogP contribution < -0.4 is 10.6 Å². The summed E-state index contributed by atoms with van der Waals surface area (Å²) in [7, 11) is 1.85. The van der Waals surface area contributed by atoms with Gasteiger partial charge in [-0.1, -0.05) is 12.2 Å². The number of hydrogen-bond donors (Lipinski definition) is 1. The minimum atomic E-state index is -0.295. The Labute approximate surface area is 94.9 Å². The fourth-order valence-corrected chi connectivity index (χ4v) is 1.35. The van der Waals surface area contributed by atoms with Crippen molar-refractivity contribution in [1.82, 2.24) is 0 Å². The van der Waals surface area contributed by atoms with Gasteiger partial charge in [-0.15, -0.1) is 0 Å². The largest absolute Gasteiger partial charge is 0.389 e. The molecular formula is C11H15FN2S. The lowest BCUT2D eigenvalue weighted by Gasteiger charge is -2.24. The Morgan fingerprint density at radius 3 is 2.47 bits per heavy atom. The summed E-state index contributed by atoms with van der Waals surface area (Å²) in [6.45, 7) is 4.00. The molecule has 0 radical (unpaired) electrons. The Hall–Kier alpha value is -1.16. The standard InChI is InChI=1S/C11H15FN2S/c1-7(2)14(3)10-5-4-8(11(13)15)6-9(10)12/h4-7H,1-3H3,(H2,13,15). The van der Waals surface area contributed by atoms with Crippen LogP contribution in [0.25, 0.3) is 0 Å². The van der Waals surface area contributed by atoms with Gasteiger partial charge in [-0.25, -0.2) is 4.39 Å². The van der Waals surface area contributed by atoms with E-state index >= 15 is 0 Å². The van der Waals surface area contributed by atoms with Crippen molar-refractivity contribution in [1.29, 1.82) is 0 Å². The number of anilines is 1. The third-order valence-corrected chi connectivity index (χ3v) is 2.62. The summed E-state index contributed by atoms with van der Waals surface area (Å²) in [5, 5.41) is 0. The lowest BCUT2D eigenvalue weighted by atomic mass is 10.1. The second-order valence-corrected chi connectivity index (χ2v) is 4.17. The van der Waals surface area contributed by atoms with Gasteiger partial charge in [-0.05, 0) is 32.0 Å². The minimum Gasteiger partial charge on any atom is -0.389 e. The number of halogens is 1. The van der Waals surface area contributed by atoms with Gasteiger partial charge in [0.25, 0.3) is 0 Å². The normalized spacial score (nSPS) is 10.5. The van der Waals surface area contributed by atoms with Gasteiger partial charge in [0.05, 0.1) is 5.69 Å². The molecule has 0 amide bonds. The van der Waals surface area contributed by atoms with Crippen LogP contribution in [0.1, 0.15) is 19.4 Å². The highest BCUT2D eigenvalue weighted by Gasteiger charge is 2.11. The number of benzene rings is 1. The van der Waals surface area contributed by atoms with Gasteiger partial charge in [-0.3, -0.25) is 0 Å². The predicted octanol–water partition coefficient (Wildman–Crippen LogP) is 2.30. The average Bonchev–Trinajstić information content (AvgIpc) is 2.16. The Balaban J connectivity index is 3.08. The topological polar surface area (TPSA) is 29.3 Å². The monoisotopic (exact) mass is 226 g/mol. The molecule has 0 aromatic heterocycles. The van der Waals surface area contributed by atoms with E-state index in [1.807, 2.05) is 25.8 Å². The van der Waals surface area contributed by atoms with Crippen LogP contribution in [-0.4, -0.2) is 18.1 Å². The molecule has 2 nitrogen and oxygen atoms in total. The van der Waals surface area contributed by atoms with Crippen molar-refractivity contribution >= 4 is 22.9 Å². The predicted molar refractivity (Wildman–Crippen MR) is 65.8 cm³/mol. The summed E-state index contributed by atoms with van der Waals surface area (Å²) in [5.74, 6) is -0.295. The van der Waals surface area contributed by atoms with Crippen LogP contribution in [0, 0.1) is 5.82 Å². The van der Waals surface area contributed by atoms with Gasteiger partial charge >= 0.3 is 0 Å². The van der Waals surface area contributed by atoms with Crippen molar-refractivity contribution < 1.29 is 4.39 Å². The lowest BCUT2D eigenvalue weighted by Crippen LogP contribution is -2.26. The maximum absolute atomic E-state index is 13.7. The molecule has 4 heteroatoms. The van der Waals surface area contributed by atoms with Crippen LogP contribution in [0.5, 0.6) is 0 Å². The number of nitrogens with two attached hydrogens (primary N) is 1. The molecule has 0 aliphatic carbocycles. The second-order valence-electron chi connectivity index (χ2n) is 3.74. The van der Waals surface area contributed by atoms with E-state index in [-0.39, 0.29) is 16.8 Å². The second kappa shape index (κ2) is 4.57. The first-order valence-electron chi connectivity index (χ1n) is 4.75. The van der Waals surface area contributed by atoms with Crippen molar-refractivity contribution in [3.05, 3.63) is 29.6 Å². The average molecular weight is 226 g/mol. The summed E-state index contributed by atoms with van der Waals surface area (Å²) < 4.78 is 13.7. The molecule has 1 rings (SSSR count). The maximum atomic E-state index is 13.7.